The van der Waals surface area contributed by atoms with Gasteiger partial charge in [0.15, 0.2) is 0 Å². The normalized spacial score (nSPS) is 31.7. The average molecular weight is 288 g/mol. The van der Waals surface area contributed by atoms with E-state index in [1.807, 2.05) is 0 Å². The summed E-state index contributed by atoms with van der Waals surface area (Å²) in [6.45, 7) is 2.64. The van der Waals surface area contributed by atoms with Crippen LogP contribution in [0.2, 0.25) is 0 Å². The van der Waals surface area contributed by atoms with Crippen LogP contribution in [0, 0.1) is 16.0 Å². The molecule has 110 valence electrons. The van der Waals surface area contributed by atoms with Crippen LogP contribution in [0.3, 0.4) is 0 Å². The number of piperidine rings is 3. The number of hydrogen-bond acceptors (Lipinski definition) is 5. The van der Waals surface area contributed by atoms with Crippen LogP contribution in [0.25, 0.3) is 11.0 Å². The third-order valence-electron chi connectivity index (χ3n) is 4.86. The molecular formula is C15H16N2O4. The van der Waals surface area contributed by atoms with Gasteiger partial charge in [0.1, 0.15) is 16.9 Å². The Hall–Kier alpha value is -1.92. The molecule has 2 bridgehead atoms. The van der Waals surface area contributed by atoms with Crippen molar-refractivity contribution in [3.8, 4) is 0 Å². The Kier molecular flexibility index (Phi) is 2.61. The molecule has 1 aromatic carbocycles. The minimum Gasteiger partial charge on any atom is -0.458 e. The fourth-order valence-electron chi connectivity index (χ4n) is 3.68. The van der Waals surface area contributed by atoms with E-state index in [1.54, 1.807) is 12.1 Å². The number of aliphatic hydroxyl groups is 1. The first-order chi connectivity index (χ1) is 10.1. The van der Waals surface area contributed by atoms with Crippen molar-refractivity contribution in [3.63, 3.8) is 0 Å². The molecule has 6 nitrogen and oxygen atoms in total. The van der Waals surface area contributed by atoms with Crippen molar-refractivity contribution in [1.29, 1.82) is 0 Å². The molecule has 3 aliphatic heterocycles. The fraction of sp³-hybridized carbons (Fsp3) is 0.467. The molecule has 0 spiro atoms. The van der Waals surface area contributed by atoms with Gasteiger partial charge in [-0.3, -0.25) is 15.0 Å². The molecule has 3 aliphatic rings. The Morgan fingerprint density at radius 2 is 2.10 bits per heavy atom. The molecule has 3 saturated heterocycles. The van der Waals surface area contributed by atoms with E-state index in [0.717, 1.165) is 25.9 Å². The number of nitro groups is 1. The molecule has 1 N–H and O–H groups in total. The Bertz CT molecular complexity index is 718. The van der Waals surface area contributed by atoms with Gasteiger partial charge in [-0.1, -0.05) is 0 Å². The molecule has 1 atom stereocenters. The van der Waals surface area contributed by atoms with Crippen molar-refractivity contribution in [2.75, 3.05) is 19.6 Å². The first-order valence-corrected chi connectivity index (χ1v) is 7.19. The van der Waals surface area contributed by atoms with Crippen LogP contribution in [0.4, 0.5) is 5.69 Å². The summed E-state index contributed by atoms with van der Waals surface area (Å²) in [7, 11) is 0. The molecule has 2 aromatic rings. The molecular weight excluding hydrogens is 272 g/mol. The smallest absolute Gasteiger partial charge is 0.270 e. The van der Waals surface area contributed by atoms with Crippen LogP contribution in [0.15, 0.2) is 28.7 Å². The number of nitrogens with zero attached hydrogens (tertiary/aromatic N) is 2. The minimum absolute atomic E-state index is 0.0377. The molecule has 5 rings (SSSR count). The van der Waals surface area contributed by atoms with Crippen LogP contribution >= 0.6 is 0 Å². The Balaban J connectivity index is 1.78. The summed E-state index contributed by atoms with van der Waals surface area (Å²) in [5, 5.41) is 22.6. The predicted molar refractivity (Wildman–Crippen MR) is 75.9 cm³/mol. The van der Waals surface area contributed by atoms with Gasteiger partial charge >= 0.3 is 0 Å². The number of hydrogen-bond donors (Lipinski definition) is 1. The molecule has 6 heteroatoms. The van der Waals surface area contributed by atoms with Gasteiger partial charge < -0.3 is 9.52 Å². The van der Waals surface area contributed by atoms with Crippen LogP contribution in [0.5, 0.6) is 0 Å². The number of furan rings is 1. The highest BCUT2D eigenvalue weighted by molar-refractivity contribution is 5.80. The standard InChI is InChI=1S/C15H16N2O4/c18-15(9-16-5-3-11(15)4-6-16)14-8-10-7-12(17(19)20)1-2-13(10)21-14/h1-2,7-8,11,18H,3-6,9H2. The number of rotatable bonds is 2. The maximum Gasteiger partial charge on any atom is 0.270 e. The molecule has 0 saturated carbocycles. The lowest BCUT2D eigenvalue weighted by Crippen LogP contribution is -2.56. The van der Waals surface area contributed by atoms with E-state index in [4.69, 9.17) is 4.42 Å². The lowest BCUT2D eigenvalue weighted by atomic mass is 9.74. The summed E-state index contributed by atoms with van der Waals surface area (Å²) in [6.07, 6.45) is 1.93. The van der Waals surface area contributed by atoms with E-state index in [2.05, 4.69) is 4.90 Å². The van der Waals surface area contributed by atoms with Crippen molar-refractivity contribution < 1.29 is 14.4 Å². The van der Waals surface area contributed by atoms with Crippen molar-refractivity contribution >= 4 is 16.7 Å². The molecule has 3 fully saturated rings. The zero-order chi connectivity index (χ0) is 14.6. The lowest BCUT2D eigenvalue weighted by Gasteiger charge is -2.49. The third kappa shape index (κ3) is 1.86. The van der Waals surface area contributed by atoms with Gasteiger partial charge in [-0.2, -0.15) is 0 Å². The molecule has 0 radical (unpaired) electrons. The van der Waals surface area contributed by atoms with Crippen LogP contribution in [-0.4, -0.2) is 34.6 Å². The second kappa shape index (κ2) is 4.29. The largest absolute Gasteiger partial charge is 0.458 e. The van der Waals surface area contributed by atoms with E-state index < -0.39 is 10.5 Å². The topological polar surface area (TPSA) is 79.8 Å². The van der Waals surface area contributed by atoms with E-state index in [1.165, 1.54) is 12.1 Å². The summed E-state index contributed by atoms with van der Waals surface area (Å²) >= 11 is 0. The van der Waals surface area contributed by atoms with E-state index in [0.29, 0.717) is 23.3 Å². The van der Waals surface area contributed by atoms with Gasteiger partial charge in [0.2, 0.25) is 0 Å². The number of fused-ring (bicyclic) bond motifs is 4. The summed E-state index contributed by atoms with van der Waals surface area (Å²) in [4.78, 5) is 12.7. The zero-order valence-electron chi connectivity index (χ0n) is 11.5. The van der Waals surface area contributed by atoms with Crippen molar-refractivity contribution in [1.82, 2.24) is 4.90 Å². The maximum atomic E-state index is 11.0. The first-order valence-electron chi connectivity index (χ1n) is 7.19. The first kappa shape index (κ1) is 12.8. The second-order valence-corrected chi connectivity index (χ2v) is 6.06. The lowest BCUT2D eigenvalue weighted by molar-refractivity contribution is -0.384. The molecule has 1 unspecified atom stereocenters. The highest BCUT2D eigenvalue weighted by atomic mass is 16.6. The maximum absolute atomic E-state index is 11.0. The molecule has 21 heavy (non-hydrogen) atoms. The van der Waals surface area contributed by atoms with Crippen LogP contribution in [-0.2, 0) is 5.60 Å². The number of nitro benzene ring substituents is 1. The van der Waals surface area contributed by atoms with Gasteiger partial charge in [-0.25, -0.2) is 0 Å². The van der Waals surface area contributed by atoms with Gasteiger partial charge in [0.05, 0.1) is 4.92 Å². The second-order valence-electron chi connectivity index (χ2n) is 6.06. The van der Waals surface area contributed by atoms with Crippen molar-refractivity contribution in [2.24, 2.45) is 5.92 Å². The molecule has 0 aliphatic carbocycles. The fourth-order valence-corrected chi connectivity index (χ4v) is 3.68. The number of benzene rings is 1. The summed E-state index contributed by atoms with van der Waals surface area (Å²) in [5.41, 5.74) is -0.346. The Morgan fingerprint density at radius 3 is 2.71 bits per heavy atom. The molecule has 4 heterocycles. The van der Waals surface area contributed by atoms with Gasteiger partial charge in [0, 0.05) is 24.1 Å². The van der Waals surface area contributed by atoms with Crippen molar-refractivity contribution in [3.05, 3.63) is 40.1 Å². The highest BCUT2D eigenvalue weighted by Gasteiger charge is 2.48. The zero-order valence-corrected chi connectivity index (χ0v) is 11.5. The quantitative estimate of drug-likeness (QED) is 0.677. The van der Waals surface area contributed by atoms with Gasteiger partial charge in [-0.05, 0) is 44.0 Å². The molecule has 1 aromatic heterocycles. The average Bonchev–Trinajstić information content (AvgIpc) is 2.92. The van der Waals surface area contributed by atoms with Gasteiger partial charge in [0.25, 0.3) is 5.69 Å². The Morgan fingerprint density at radius 1 is 1.33 bits per heavy atom. The summed E-state index contributed by atoms with van der Waals surface area (Å²) < 4.78 is 5.80. The monoisotopic (exact) mass is 288 g/mol. The van der Waals surface area contributed by atoms with E-state index in [-0.39, 0.29) is 11.6 Å². The SMILES string of the molecule is O=[N+]([O-])c1ccc2oc(C3(O)CN4CCC3CC4)cc2c1. The van der Waals surface area contributed by atoms with Crippen LogP contribution < -0.4 is 0 Å². The summed E-state index contributed by atoms with van der Waals surface area (Å²) in [6, 6.07) is 6.27. The van der Waals surface area contributed by atoms with E-state index in [9.17, 15) is 15.2 Å². The van der Waals surface area contributed by atoms with Crippen molar-refractivity contribution in [2.45, 2.75) is 18.4 Å². The highest BCUT2D eigenvalue weighted by Crippen LogP contribution is 2.44. The summed E-state index contributed by atoms with van der Waals surface area (Å²) in [5.74, 6) is 0.741. The predicted octanol–water partition coefficient (Wildman–Crippen LogP) is 2.25. The third-order valence-corrected chi connectivity index (χ3v) is 4.86. The Labute approximate surface area is 121 Å². The number of non-ortho nitro benzene ring substituents is 1. The van der Waals surface area contributed by atoms with Gasteiger partial charge in [-0.15, -0.1) is 0 Å². The minimum atomic E-state index is -0.968. The van der Waals surface area contributed by atoms with E-state index >= 15 is 0 Å². The van der Waals surface area contributed by atoms with Crippen LogP contribution in [0.1, 0.15) is 18.6 Å². The molecule has 0 amide bonds.